The van der Waals surface area contributed by atoms with Crippen LogP contribution in [-0.2, 0) is 11.2 Å². The van der Waals surface area contributed by atoms with Crippen LogP contribution in [-0.4, -0.2) is 23.3 Å². The Morgan fingerprint density at radius 1 is 1.29 bits per heavy atom. The zero-order chi connectivity index (χ0) is 15.2. The van der Waals surface area contributed by atoms with Crippen molar-refractivity contribution in [2.75, 3.05) is 13.2 Å². The summed E-state index contributed by atoms with van der Waals surface area (Å²) in [6.45, 7) is 7.34. The van der Waals surface area contributed by atoms with Crippen molar-refractivity contribution in [2.24, 2.45) is 11.7 Å². The molecule has 0 spiro atoms. The largest absolute Gasteiger partial charge is 0.370 e. The van der Waals surface area contributed by atoms with Gasteiger partial charge in [-0.15, -0.1) is 0 Å². The quantitative estimate of drug-likeness (QED) is 0.848. The molecule has 0 aliphatic rings. The number of hydrogen-bond donors (Lipinski definition) is 1. The van der Waals surface area contributed by atoms with E-state index in [0.717, 1.165) is 17.5 Å². The molecule has 2 rings (SSSR count). The smallest absolute Gasteiger partial charge is 0.258 e. The maximum atomic E-state index is 5.71. The SMILES string of the molecule is CCOC(c1noc(-c2ccccc2CCN)n1)C(C)C. The molecule has 114 valence electrons. The first-order valence-corrected chi connectivity index (χ1v) is 7.40. The maximum absolute atomic E-state index is 5.71. The van der Waals surface area contributed by atoms with Crippen molar-refractivity contribution in [1.29, 1.82) is 0 Å². The van der Waals surface area contributed by atoms with Crippen molar-refractivity contribution in [1.82, 2.24) is 10.1 Å². The molecule has 0 saturated heterocycles. The van der Waals surface area contributed by atoms with Gasteiger partial charge in [0.1, 0.15) is 6.10 Å². The molecule has 0 aliphatic heterocycles. The van der Waals surface area contributed by atoms with Crippen molar-refractivity contribution in [3.8, 4) is 11.5 Å². The zero-order valence-electron chi connectivity index (χ0n) is 12.9. The normalized spacial score (nSPS) is 12.8. The lowest BCUT2D eigenvalue weighted by atomic mass is 10.0. The summed E-state index contributed by atoms with van der Waals surface area (Å²) in [6.07, 6.45) is 0.640. The summed E-state index contributed by atoms with van der Waals surface area (Å²) in [4.78, 5) is 4.52. The van der Waals surface area contributed by atoms with Crippen LogP contribution < -0.4 is 5.73 Å². The molecule has 1 unspecified atom stereocenters. The number of nitrogens with zero attached hydrogens (tertiary/aromatic N) is 2. The average Bonchev–Trinajstić information content (AvgIpc) is 2.94. The van der Waals surface area contributed by atoms with Crippen LogP contribution in [0.4, 0.5) is 0 Å². The predicted molar refractivity (Wildman–Crippen MR) is 81.7 cm³/mol. The lowest BCUT2D eigenvalue weighted by Crippen LogP contribution is -2.12. The number of ether oxygens (including phenoxy) is 1. The third-order valence-electron chi connectivity index (χ3n) is 3.31. The van der Waals surface area contributed by atoms with Crippen LogP contribution in [0.2, 0.25) is 0 Å². The van der Waals surface area contributed by atoms with Gasteiger partial charge in [-0.25, -0.2) is 0 Å². The molecular weight excluding hydrogens is 266 g/mol. The Hall–Kier alpha value is -1.72. The molecule has 1 heterocycles. The maximum Gasteiger partial charge on any atom is 0.258 e. The van der Waals surface area contributed by atoms with Gasteiger partial charge in [0.25, 0.3) is 5.89 Å². The van der Waals surface area contributed by atoms with Crippen LogP contribution in [0, 0.1) is 5.92 Å². The number of benzene rings is 1. The minimum Gasteiger partial charge on any atom is -0.370 e. The molecule has 0 saturated carbocycles. The van der Waals surface area contributed by atoms with E-state index in [2.05, 4.69) is 24.0 Å². The molecule has 1 aromatic carbocycles. The number of rotatable bonds is 7. The highest BCUT2D eigenvalue weighted by Gasteiger charge is 2.23. The number of hydrogen-bond acceptors (Lipinski definition) is 5. The van der Waals surface area contributed by atoms with Crippen molar-refractivity contribution in [3.05, 3.63) is 35.7 Å². The van der Waals surface area contributed by atoms with Gasteiger partial charge in [-0.05, 0) is 37.4 Å². The van der Waals surface area contributed by atoms with Crippen LogP contribution in [0.5, 0.6) is 0 Å². The van der Waals surface area contributed by atoms with Gasteiger partial charge in [-0.3, -0.25) is 0 Å². The van der Waals surface area contributed by atoms with Gasteiger partial charge in [0.2, 0.25) is 5.82 Å². The molecule has 21 heavy (non-hydrogen) atoms. The van der Waals surface area contributed by atoms with Crippen LogP contribution in [0.3, 0.4) is 0 Å². The highest BCUT2D eigenvalue weighted by molar-refractivity contribution is 5.58. The molecule has 0 bridgehead atoms. The predicted octanol–water partition coefficient (Wildman–Crippen LogP) is 2.97. The number of nitrogens with two attached hydrogens (primary N) is 1. The molecule has 5 nitrogen and oxygen atoms in total. The summed E-state index contributed by atoms with van der Waals surface area (Å²) in [5.41, 5.74) is 7.72. The van der Waals surface area contributed by atoms with Gasteiger partial charge in [0.05, 0.1) is 0 Å². The zero-order valence-corrected chi connectivity index (χ0v) is 12.9. The fourth-order valence-electron chi connectivity index (χ4n) is 2.31. The molecule has 1 aromatic heterocycles. The van der Waals surface area contributed by atoms with Gasteiger partial charge in [0, 0.05) is 12.2 Å². The Morgan fingerprint density at radius 2 is 2.05 bits per heavy atom. The monoisotopic (exact) mass is 289 g/mol. The van der Waals surface area contributed by atoms with E-state index in [1.54, 1.807) is 0 Å². The summed E-state index contributed by atoms with van der Waals surface area (Å²) < 4.78 is 11.1. The highest BCUT2D eigenvalue weighted by Crippen LogP contribution is 2.27. The Bertz CT molecular complexity index is 566. The lowest BCUT2D eigenvalue weighted by molar-refractivity contribution is 0.0217. The van der Waals surface area contributed by atoms with E-state index < -0.39 is 0 Å². The van der Waals surface area contributed by atoms with Gasteiger partial charge in [0.15, 0.2) is 0 Å². The van der Waals surface area contributed by atoms with Crippen LogP contribution in [0.25, 0.3) is 11.5 Å². The van der Waals surface area contributed by atoms with Crippen molar-refractivity contribution >= 4 is 0 Å². The summed E-state index contributed by atoms with van der Waals surface area (Å²) in [5, 5.41) is 4.09. The van der Waals surface area contributed by atoms with E-state index in [-0.39, 0.29) is 12.0 Å². The second kappa shape index (κ2) is 7.33. The van der Waals surface area contributed by atoms with Gasteiger partial charge in [-0.1, -0.05) is 37.2 Å². The second-order valence-electron chi connectivity index (χ2n) is 5.27. The van der Waals surface area contributed by atoms with E-state index in [9.17, 15) is 0 Å². The van der Waals surface area contributed by atoms with Gasteiger partial charge < -0.3 is 15.0 Å². The fourth-order valence-corrected chi connectivity index (χ4v) is 2.31. The Kier molecular flexibility index (Phi) is 5.47. The van der Waals surface area contributed by atoms with E-state index in [0.29, 0.717) is 24.9 Å². The minimum absolute atomic E-state index is 0.144. The molecular formula is C16H23N3O2. The Balaban J connectivity index is 2.31. The summed E-state index contributed by atoms with van der Waals surface area (Å²) in [5.74, 6) is 1.42. The minimum atomic E-state index is -0.144. The molecule has 0 radical (unpaired) electrons. The second-order valence-corrected chi connectivity index (χ2v) is 5.27. The van der Waals surface area contributed by atoms with E-state index >= 15 is 0 Å². The summed E-state index contributed by atoms with van der Waals surface area (Å²) in [7, 11) is 0. The van der Waals surface area contributed by atoms with Gasteiger partial charge in [-0.2, -0.15) is 4.98 Å². The van der Waals surface area contributed by atoms with Crippen molar-refractivity contribution in [3.63, 3.8) is 0 Å². The number of aromatic nitrogens is 2. The van der Waals surface area contributed by atoms with Crippen molar-refractivity contribution in [2.45, 2.75) is 33.3 Å². The van der Waals surface area contributed by atoms with Crippen LogP contribution in [0.15, 0.2) is 28.8 Å². The average molecular weight is 289 g/mol. The Morgan fingerprint density at radius 3 is 2.71 bits per heavy atom. The molecule has 2 N–H and O–H groups in total. The summed E-state index contributed by atoms with van der Waals surface area (Å²) in [6, 6.07) is 7.96. The molecule has 1 atom stereocenters. The topological polar surface area (TPSA) is 74.2 Å². The molecule has 2 aromatic rings. The van der Waals surface area contributed by atoms with E-state index in [1.165, 1.54) is 0 Å². The molecule has 0 fully saturated rings. The standard InChI is InChI=1S/C16H23N3O2/c1-4-20-14(11(2)3)15-18-16(21-19-15)13-8-6-5-7-12(13)9-10-17/h5-8,11,14H,4,9-10,17H2,1-3H3. The van der Waals surface area contributed by atoms with E-state index in [4.69, 9.17) is 15.0 Å². The first-order valence-electron chi connectivity index (χ1n) is 7.40. The fraction of sp³-hybridized carbons (Fsp3) is 0.500. The highest BCUT2D eigenvalue weighted by atomic mass is 16.5. The Labute approximate surface area is 125 Å². The van der Waals surface area contributed by atoms with E-state index in [1.807, 2.05) is 31.2 Å². The summed E-state index contributed by atoms with van der Waals surface area (Å²) >= 11 is 0. The first-order chi connectivity index (χ1) is 10.2. The molecule has 5 heteroatoms. The van der Waals surface area contributed by atoms with Crippen LogP contribution in [0.1, 0.15) is 38.3 Å². The third-order valence-corrected chi connectivity index (χ3v) is 3.31. The molecule has 0 aliphatic carbocycles. The first kappa shape index (κ1) is 15.7. The molecule has 0 amide bonds. The lowest BCUT2D eigenvalue weighted by Gasteiger charge is -2.16. The van der Waals surface area contributed by atoms with Crippen molar-refractivity contribution < 1.29 is 9.26 Å². The van der Waals surface area contributed by atoms with Gasteiger partial charge >= 0.3 is 0 Å². The third kappa shape index (κ3) is 3.68. The van der Waals surface area contributed by atoms with Crippen LogP contribution >= 0.6 is 0 Å².